The van der Waals surface area contributed by atoms with Gasteiger partial charge < -0.3 is 19.2 Å². The van der Waals surface area contributed by atoms with Crippen LogP contribution in [-0.4, -0.2) is 24.9 Å². The summed E-state index contributed by atoms with van der Waals surface area (Å²) in [5, 5.41) is 2.77. The molecule has 27 heavy (non-hydrogen) atoms. The van der Waals surface area contributed by atoms with E-state index in [-0.39, 0.29) is 18.3 Å². The molecule has 0 atom stereocenters. The lowest BCUT2D eigenvalue weighted by Crippen LogP contribution is -2.28. The van der Waals surface area contributed by atoms with Crippen molar-refractivity contribution >= 4 is 23.0 Å². The summed E-state index contributed by atoms with van der Waals surface area (Å²) in [6.07, 6.45) is 1.46. The van der Waals surface area contributed by atoms with Crippen LogP contribution in [0.2, 0.25) is 0 Å². The predicted molar refractivity (Wildman–Crippen MR) is 101 cm³/mol. The zero-order valence-electron chi connectivity index (χ0n) is 14.8. The van der Waals surface area contributed by atoms with Crippen molar-refractivity contribution in [2.75, 3.05) is 13.2 Å². The minimum absolute atomic E-state index is 0.0858. The molecular formula is C20H19NO5S. The Hall–Kier alpha value is -3.06. The van der Waals surface area contributed by atoms with E-state index >= 15 is 0 Å². The fourth-order valence-corrected chi connectivity index (χ4v) is 3.20. The Balaban J connectivity index is 1.44. The molecule has 6 nitrogen and oxygen atoms in total. The average molecular weight is 385 g/mol. The number of benzene rings is 1. The molecule has 0 spiro atoms. The summed E-state index contributed by atoms with van der Waals surface area (Å²) in [5.41, 5.74) is 0. The molecule has 1 N–H and O–H groups in total. The number of carbonyl (C=O) groups excluding carboxylic acids is 2. The van der Waals surface area contributed by atoms with Crippen molar-refractivity contribution in [3.05, 3.63) is 70.3 Å². The number of nitrogens with one attached hydrogen (secondary N) is 1. The first kappa shape index (κ1) is 18.7. The summed E-state index contributed by atoms with van der Waals surface area (Å²) in [5.74, 6) is 1.25. The fraction of sp³-hybridized carbons (Fsp3) is 0.200. The van der Waals surface area contributed by atoms with Crippen LogP contribution in [0.25, 0.3) is 0 Å². The summed E-state index contributed by atoms with van der Waals surface area (Å²) in [7, 11) is 0. The molecule has 2 heterocycles. The Morgan fingerprint density at radius 1 is 1.04 bits per heavy atom. The third kappa shape index (κ3) is 5.21. The van der Waals surface area contributed by atoms with Crippen molar-refractivity contribution in [1.82, 2.24) is 5.32 Å². The van der Waals surface area contributed by atoms with Gasteiger partial charge in [0.2, 0.25) is 5.78 Å². The summed E-state index contributed by atoms with van der Waals surface area (Å²) < 4.78 is 15.9. The maximum Gasteiger partial charge on any atom is 0.258 e. The van der Waals surface area contributed by atoms with Crippen molar-refractivity contribution in [2.45, 2.75) is 13.5 Å². The Bertz CT molecular complexity index is 884. The molecule has 140 valence electrons. The molecular weight excluding hydrogens is 366 g/mol. The van der Waals surface area contributed by atoms with Gasteiger partial charge in [0.25, 0.3) is 5.91 Å². The zero-order chi connectivity index (χ0) is 19.1. The first-order valence-corrected chi connectivity index (χ1v) is 9.26. The highest BCUT2D eigenvalue weighted by atomic mass is 32.1. The van der Waals surface area contributed by atoms with Gasteiger partial charge in [-0.2, -0.15) is 0 Å². The van der Waals surface area contributed by atoms with E-state index in [2.05, 4.69) is 5.32 Å². The van der Waals surface area contributed by atoms with Gasteiger partial charge in [0, 0.05) is 4.88 Å². The predicted octanol–water partition coefficient (Wildman–Crippen LogP) is 3.67. The number of thiophene rings is 1. The zero-order valence-corrected chi connectivity index (χ0v) is 15.6. The van der Waals surface area contributed by atoms with Crippen LogP contribution < -0.4 is 14.8 Å². The molecule has 7 heteroatoms. The van der Waals surface area contributed by atoms with Crippen LogP contribution in [0.15, 0.2) is 59.2 Å². The van der Waals surface area contributed by atoms with E-state index in [1.165, 1.54) is 17.6 Å². The molecule has 2 aromatic heterocycles. The van der Waals surface area contributed by atoms with Crippen molar-refractivity contribution in [3.8, 4) is 11.5 Å². The standard InChI is InChI=1S/C20H19NO5S/c1-2-24-14-5-7-15(8-6-14)26-13-19(22)21-12-16-9-10-18(27-16)20(23)17-4-3-11-25-17/h3-11H,2,12-13H2,1H3,(H,21,22). The van der Waals surface area contributed by atoms with E-state index in [1.54, 1.807) is 42.5 Å². The van der Waals surface area contributed by atoms with E-state index in [9.17, 15) is 9.59 Å². The van der Waals surface area contributed by atoms with E-state index < -0.39 is 0 Å². The number of hydrogen-bond donors (Lipinski definition) is 1. The van der Waals surface area contributed by atoms with Gasteiger partial charge in [-0.1, -0.05) is 0 Å². The Kier molecular flexibility index (Phi) is 6.27. The molecule has 3 aromatic rings. The SMILES string of the molecule is CCOc1ccc(OCC(=O)NCc2ccc(C(=O)c3ccco3)s2)cc1. The highest BCUT2D eigenvalue weighted by Gasteiger charge is 2.14. The van der Waals surface area contributed by atoms with E-state index in [0.717, 1.165) is 10.6 Å². The summed E-state index contributed by atoms with van der Waals surface area (Å²) in [4.78, 5) is 25.6. The third-order valence-electron chi connectivity index (χ3n) is 3.59. The van der Waals surface area contributed by atoms with E-state index in [4.69, 9.17) is 13.9 Å². The molecule has 0 aliphatic heterocycles. The second-order valence-electron chi connectivity index (χ2n) is 5.54. The maximum absolute atomic E-state index is 12.2. The van der Waals surface area contributed by atoms with Crippen LogP contribution in [0.3, 0.4) is 0 Å². The van der Waals surface area contributed by atoms with Crippen molar-refractivity contribution < 1.29 is 23.5 Å². The Morgan fingerprint density at radius 3 is 2.44 bits per heavy atom. The lowest BCUT2D eigenvalue weighted by Gasteiger charge is -2.08. The molecule has 0 radical (unpaired) electrons. The summed E-state index contributed by atoms with van der Waals surface area (Å²) in [6, 6.07) is 13.9. The van der Waals surface area contributed by atoms with Gasteiger partial charge in [0.1, 0.15) is 11.5 Å². The highest BCUT2D eigenvalue weighted by Crippen LogP contribution is 2.20. The number of amides is 1. The van der Waals surface area contributed by atoms with Crippen molar-refractivity contribution in [1.29, 1.82) is 0 Å². The number of ether oxygens (including phenoxy) is 2. The molecule has 0 aliphatic carbocycles. The number of carbonyl (C=O) groups is 2. The highest BCUT2D eigenvalue weighted by molar-refractivity contribution is 7.14. The normalized spacial score (nSPS) is 10.4. The van der Waals surface area contributed by atoms with Crippen LogP contribution in [0.1, 0.15) is 27.2 Å². The average Bonchev–Trinajstić information content (AvgIpc) is 3.37. The lowest BCUT2D eigenvalue weighted by atomic mass is 10.2. The molecule has 0 bridgehead atoms. The Labute approximate surface area is 160 Å². The second kappa shape index (κ2) is 9.05. The van der Waals surface area contributed by atoms with E-state index in [1.807, 2.05) is 13.0 Å². The molecule has 1 aromatic carbocycles. The first-order chi connectivity index (χ1) is 13.2. The largest absolute Gasteiger partial charge is 0.494 e. The number of furan rings is 1. The van der Waals surface area contributed by atoms with Crippen LogP contribution >= 0.6 is 11.3 Å². The van der Waals surface area contributed by atoms with Gasteiger partial charge in [0.15, 0.2) is 12.4 Å². The monoisotopic (exact) mass is 385 g/mol. The number of hydrogen-bond acceptors (Lipinski definition) is 6. The summed E-state index contributed by atoms with van der Waals surface area (Å²) in [6.45, 7) is 2.76. The van der Waals surface area contributed by atoms with Gasteiger partial charge in [-0.25, -0.2) is 0 Å². The minimum atomic E-state index is -0.240. The number of ketones is 1. The summed E-state index contributed by atoms with van der Waals surface area (Å²) >= 11 is 1.32. The van der Waals surface area contributed by atoms with Crippen LogP contribution in [0.5, 0.6) is 11.5 Å². The van der Waals surface area contributed by atoms with Gasteiger partial charge in [-0.15, -0.1) is 11.3 Å². The van der Waals surface area contributed by atoms with Gasteiger partial charge in [0.05, 0.1) is 24.3 Å². The minimum Gasteiger partial charge on any atom is -0.494 e. The molecule has 0 unspecified atom stereocenters. The third-order valence-corrected chi connectivity index (χ3v) is 4.68. The van der Waals surface area contributed by atoms with Gasteiger partial charge >= 0.3 is 0 Å². The van der Waals surface area contributed by atoms with Crippen molar-refractivity contribution in [3.63, 3.8) is 0 Å². The molecule has 0 fully saturated rings. The van der Waals surface area contributed by atoms with Gasteiger partial charge in [-0.3, -0.25) is 9.59 Å². The molecule has 0 saturated heterocycles. The second-order valence-corrected chi connectivity index (χ2v) is 6.71. The fourth-order valence-electron chi connectivity index (χ4n) is 2.31. The lowest BCUT2D eigenvalue weighted by molar-refractivity contribution is -0.123. The molecule has 1 amide bonds. The molecule has 0 aliphatic rings. The topological polar surface area (TPSA) is 77.8 Å². The van der Waals surface area contributed by atoms with Crippen LogP contribution in [-0.2, 0) is 11.3 Å². The van der Waals surface area contributed by atoms with E-state index in [0.29, 0.717) is 29.5 Å². The Morgan fingerprint density at radius 2 is 1.78 bits per heavy atom. The van der Waals surface area contributed by atoms with Crippen LogP contribution in [0.4, 0.5) is 0 Å². The van der Waals surface area contributed by atoms with Crippen LogP contribution in [0, 0.1) is 0 Å². The molecule has 0 saturated carbocycles. The van der Waals surface area contributed by atoms with Gasteiger partial charge in [-0.05, 0) is 55.5 Å². The first-order valence-electron chi connectivity index (χ1n) is 8.45. The quantitative estimate of drug-likeness (QED) is 0.569. The smallest absolute Gasteiger partial charge is 0.258 e. The molecule has 3 rings (SSSR count). The number of rotatable bonds is 9. The van der Waals surface area contributed by atoms with Crippen molar-refractivity contribution in [2.24, 2.45) is 0 Å². The maximum atomic E-state index is 12.2.